The van der Waals surface area contributed by atoms with E-state index in [4.69, 9.17) is 12.2 Å². The fraction of sp³-hybridized carbons (Fsp3) is 0.417. The topological polar surface area (TPSA) is 46.5 Å². The van der Waals surface area contributed by atoms with E-state index in [0.717, 1.165) is 35.9 Å². The first kappa shape index (κ1) is 13.3. The van der Waals surface area contributed by atoms with Crippen LogP contribution in [0.3, 0.4) is 0 Å². The molecule has 0 bridgehead atoms. The molecule has 18 heavy (non-hydrogen) atoms. The minimum Gasteiger partial charge on any atom is -0.300 e. The summed E-state index contributed by atoms with van der Waals surface area (Å²) in [7, 11) is 0. The smallest absolute Gasteiger partial charge is 0.195 e. The summed E-state index contributed by atoms with van der Waals surface area (Å²) >= 11 is 7.22. The molecule has 0 atom stereocenters. The monoisotopic (exact) mass is 280 g/mol. The maximum Gasteiger partial charge on any atom is 0.195 e. The maximum atomic E-state index is 5.27. The number of hydrogen-bond donors (Lipinski definition) is 1. The summed E-state index contributed by atoms with van der Waals surface area (Å²) < 4.78 is 2.72. The number of hydrogen-bond acceptors (Lipinski definition) is 4. The average Bonchev–Trinajstić information content (AvgIpc) is 2.77. The van der Waals surface area contributed by atoms with Gasteiger partial charge in [0.2, 0.25) is 0 Å². The minimum atomic E-state index is 0.676. The summed E-state index contributed by atoms with van der Waals surface area (Å²) in [6.07, 6.45) is 4.66. The second-order valence-corrected chi connectivity index (χ2v) is 5.58. The Bertz CT molecular complexity index is 533. The Morgan fingerprint density at radius 3 is 3.11 bits per heavy atom. The van der Waals surface area contributed by atoms with Gasteiger partial charge in [-0.25, -0.2) is 0 Å². The molecule has 0 radical (unpaired) electrons. The highest BCUT2D eigenvalue weighted by atomic mass is 32.2. The van der Waals surface area contributed by atoms with E-state index in [1.165, 1.54) is 0 Å². The summed E-state index contributed by atoms with van der Waals surface area (Å²) in [5, 5.41) is 7.14. The number of nitrogens with zero attached hydrogens (tertiary/aromatic N) is 3. The molecule has 4 nitrogen and oxygen atoms in total. The summed E-state index contributed by atoms with van der Waals surface area (Å²) in [5.41, 5.74) is 0.994. The van der Waals surface area contributed by atoms with E-state index in [1.54, 1.807) is 6.20 Å². The van der Waals surface area contributed by atoms with Crippen molar-refractivity contribution in [1.82, 2.24) is 19.7 Å². The Hall–Kier alpha value is -1.14. The van der Waals surface area contributed by atoms with Gasteiger partial charge in [-0.1, -0.05) is 6.92 Å². The van der Waals surface area contributed by atoms with Gasteiger partial charge in [0.1, 0.15) is 0 Å². The highest BCUT2D eigenvalue weighted by Crippen LogP contribution is 2.16. The Morgan fingerprint density at radius 2 is 2.39 bits per heavy atom. The molecule has 0 saturated heterocycles. The Morgan fingerprint density at radius 1 is 1.50 bits per heavy atom. The molecule has 1 N–H and O–H groups in total. The van der Waals surface area contributed by atoms with Crippen molar-refractivity contribution in [3.63, 3.8) is 0 Å². The van der Waals surface area contributed by atoms with Crippen LogP contribution in [-0.2, 0) is 6.54 Å². The molecular formula is C12H16N4S2. The fourth-order valence-electron chi connectivity index (χ4n) is 1.71. The summed E-state index contributed by atoms with van der Waals surface area (Å²) in [6, 6.07) is 3.90. The van der Waals surface area contributed by atoms with E-state index in [0.29, 0.717) is 4.77 Å². The van der Waals surface area contributed by atoms with E-state index in [1.807, 2.05) is 34.7 Å². The van der Waals surface area contributed by atoms with Crippen LogP contribution in [0.2, 0.25) is 0 Å². The first-order valence-electron chi connectivity index (χ1n) is 5.96. The molecule has 0 aromatic carbocycles. The van der Waals surface area contributed by atoms with E-state index in [9.17, 15) is 0 Å². The molecule has 0 spiro atoms. The summed E-state index contributed by atoms with van der Waals surface area (Å²) in [5.74, 6) is 3.18. The molecule has 0 aliphatic carbocycles. The Balaban J connectivity index is 2.15. The zero-order valence-corrected chi connectivity index (χ0v) is 11.9. The number of pyridine rings is 1. The lowest BCUT2D eigenvalue weighted by Crippen LogP contribution is -2.02. The van der Waals surface area contributed by atoms with Crippen molar-refractivity contribution in [2.24, 2.45) is 0 Å². The van der Waals surface area contributed by atoms with Gasteiger partial charge >= 0.3 is 0 Å². The molecule has 96 valence electrons. The van der Waals surface area contributed by atoms with Crippen LogP contribution < -0.4 is 0 Å². The average molecular weight is 280 g/mol. The number of nitrogens with one attached hydrogen (secondary N) is 1. The van der Waals surface area contributed by atoms with Crippen molar-refractivity contribution < 1.29 is 0 Å². The third kappa shape index (κ3) is 3.20. The zero-order chi connectivity index (χ0) is 12.8. The molecule has 0 saturated carbocycles. The summed E-state index contributed by atoms with van der Waals surface area (Å²) in [6.45, 7) is 3.07. The van der Waals surface area contributed by atoms with Crippen molar-refractivity contribution in [1.29, 1.82) is 0 Å². The Labute approximate surface area is 116 Å². The van der Waals surface area contributed by atoms with E-state index < -0.39 is 0 Å². The van der Waals surface area contributed by atoms with Crippen LogP contribution in [0.15, 0.2) is 24.5 Å². The largest absolute Gasteiger partial charge is 0.300 e. The second kappa shape index (κ2) is 6.70. The van der Waals surface area contributed by atoms with Gasteiger partial charge in [0, 0.05) is 24.5 Å². The molecule has 2 aromatic rings. The third-order valence-electron chi connectivity index (χ3n) is 2.55. The van der Waals surface area contributed by atoms with Crippen molar-refractivity contribution in [2.45, 2.75) is 19.9 Å². The van der Waals surface area contributed by atoms with E-state index in [2.05, 4.69) is 22.1 Å². The SMILES string of the molecule is CCSCCCn1c(-c2cccnc2)n[nH]c1=S. The lowest BCUT2D eigenvalue weighted by molar-refractivity contribution is 0.679. The van der Waals surface area contributed by atoms with Crippen LogP contribution in [0.25, 0.3) is 11.4 Å². The van der Waals surface area contributed by atoms with E-state index in [-0.39, 0.29) is 0 Å². The van der Waals surface area contributed by atoms with Crippen LogP contribution in [0.5, 0.6) is 0 Å². The van der Waals surface area contributed by atoms with Crippen molar-refractivity contribution in [2.75, 3.05) is 11.5 Å². The first-order chi connectivity index (χ1) is 8.83. The molecule has 2 heterocycles. The van der Waals surface area contributed by atoms with Gasteiger partial charge in [0.25, 0.3) is 0 Å². The lowest BCUT2D eigenvalue weighted by atomic mass is 10.2. The van der Waals surface area contributed by atoms with Gasteiger partial charge in [-0.3, -0.25) is 10.1 Å². The minimum absolute atomic E-state index is 0.676. The predicted molar refractivity (Wildman–Crippen MR) is 78.3 cm³/mol. The molecule has 0 amide bonds. The van der Waals surface area contributed by atoms with Gasteiger partial charge in [0.15, 0.2) is 10.6 Å². The maximum absolute atomic E-state index is 5.27. The lowest BCUT2D eigenvalue weighted by Gasteiger charge is -2.06. The van der Waals surface area contributed by atoms with Crippen LogP contribution in [0.1, 0.15) is 13.3 Å². The molecule has 2 rings (SSSR count). The standard InChI is InChI=1S/C12H16N4S2/c1-2-18-8-4-7-16-11(14-15-12(16)17)10-5-3-6-13-9-10/h3,5-6,9H,2,4,7-8H2,1H3,(H,15,17). The molecule has 0 unspecified atom stereocenters. The fourth-order valence-corrected chi connectivity index (χ4v) is 2.55. The molecule has 0 aliphatic rings. The van der Waals surface area contributed by atoms with E-state index >= 15 is 0 Å². The van der Waals surface area contributed by atoms with Gasteiger partial charge in [-0.2, -0.15) is 16.9 Å². The molecule has 2 aromatic heterocycles. The molecule has 0 aliphatic heterocycles. The van der Waals surface area contributed by atoms with Gasteiger partial charge in [-0.15, -0.1) is 0 Å². The summed E-state index contributed by atoms with van der Waals surface area (Å²) in [4.78, 5) is 4.12. The van der Waals surface area contributed by atoms with Gasteiger partial charge in [-0.05, 0) is 42.3 Å². The van der Waals surface area contributed by atoms with Crippen LogP contribution in [0, 0.1) is 4.77 Å². The quantitative estimate of drug-likeness (QED) is 0.652. The Kier molecular flexibility index (Phi) is 4.95. The number of rotatable bonds is 6. The van der Waals surface area contributed by atoms with Gasteiger partial charge < -0.3 is 4.57 Å². The van der Waals surface area contributed by atoms with Crippen molar-refractivity contribution in [3.05, 3.63) is 29.3 Å². The molecule has 0 fully saturated rings. The number of aromatic nitrogens is 4. The highest BCUT2D eigenvalue weighted by Gasteiger charge is 2.08. The van der Waals surface area contributed by atoms with Crippen LogP contribution in [0.4, 0.5) is 0 Å². The second-order valence-electron chi connectivity index (χ2n) is 3.80. The predicted octanol–water partition coefficient (Wildman–Crippen LogP) is 3.15. The first-order valence-corrected chi connectivity index (χ1v) is 7.52. The molecule has 6 heteroatoms. The van der Waals surface area contributed by atoms with Crippen LogP contribution in [-0.4, -0.2) is 31.3 Å². The number of aromatic amines is 1. The number of thioether (sulfide) groups is 1. The van der Waals surface area contributed by atoms with Crippen molar-refractivity contribution in [3.8, 4) is 11.4 Å². The highest BCUT2D eigenvalue weighted by molar-refractivity contribution is 7.99. The third-order valence-corrected chi connectivity index (χ3v) is 3.85. The van der Waals surface area contributed by atoms with Gasteiger partial charge in [0.05, 0.1) is 0 Å². The van der Waals surface area contributed by atoms with Crippen molar-refractivity contribution >= 4 is 24.0 Å². The zero-order valence-electron chi connectivity index (χ0n) is 10.3. The normalized spacial score (nSPS) is 10.7. The number of H-pyrrole nitrogens is 1. The molecular weight excluding hydrogens is 264 g/mol. The van der Waals surface area contributed by atoms with Crippen LogP contribution >= 0.6 is 24.0 Å².